The van der Waals surface area contributed by atoms with Gasteiger partial charge in [-0.15, -0.1) is 0 Å². The molecule has 1 aliphatic heterocycles. The van der Waals surface area contributed by atoms with Crippen LogP contribution in [0.2, 0.25) is 10.0 Å². The van der Waals surface area contributed by atoms with Gasteiger partial charge < -0.3 is 4.90 Å². The number of nitrogens with zero attached hydrogens (tertiary/aromatic N) is 3. The molecule has 0 radical (unpaired) electrons. The molecule has 1 aliphatic rings. The Bertz CT molecular complexity index is 904. The van der Waals surface area contributed by atoms with E-state index in [1.54, 1.807) is 18.2 Å². The molecule has 0 saturated carbocycles. The molecule has 0 spiro atoms. The summed E-state index contributed by atoms with van der Waals surface area (Å²) in [6, 6.07) is 9.11. The number of hydroxylamine groups is 2. The summed E-state index contributed by atoms with van der Waals surface area (Å²) < 4.78 is 28.4. The third-order valence-corrected chi connectivity index (χ3v) is 5.53. The number of hydrogen-bond acceptors (Lipinski definition) is 4. The average Bonchev–Trinajstić information content (AvgIpc) is 2.71. The fourth-order valence-corrected chi connectivity index (χ4v) is 3.69. The van der Waals surface area contributed by atoms with Crippen LogP contribution < -0.4 is 4.90 Å². The SMILES string of the molecule is CCN1C[C@@H](N(Cc2c(F)ccc(F)c2Cl)c2ccc(C#N)c(Cl)c2)CCO1. The minimum absolute atomic E-state index is 0.0311. The van der Waals surface area contributed by atoms with Crippen molar-refractivity contribution in [3.8, 4) is 6.07 Å². The molecule has 4 nitrogen and oxygen atoms in total. The number of nitriles is 1. The van der Waals surface area contributed by atoms with Gasteiger partial charge in [0.2, 0.25) is 0 Å². The molecule has 0 aliphatic carbocycles. The maximum atomic E-state index is 14.4. The minimum Gasteiger partial charge on any atom is -0.363 e. The smallest absolute Gasteiger partial charge is 0.142 e. The van der Waals surface area contributed by atoms with Gasteiger partial charge in [0.25, 0.3) is 0 Å². The first-order valence-corrected chi connectivity index (χ1v) is 9.66. The van der Waals surface area contributed by atoms with Crippen LogP contribution in [0.4, 0.5) is 14.5 Å². The molecule has 0 N–H and O–H groups in total. The van der Waals surface area contributed by atoms with Gasteiger partial charge in [-0.25, -0.2) is 8.78 Å². The van der Waals surface area contributed by atoms with E-state index in [0.717, 1.165) is 12.1 Å². The monoisotopic (exact) mass is 425 g/mol. The largest absolute Gasteiger partial charge is 0.363 e. The number of rotatable bonds is 5. The van der Waals surface area contributed by atoms with Gasteiger partial charge in [-0.05, 0) is 36.8 Å². The highest BCUT2D eigenvalue weighted by atomic mass is 35.5. The molecule has 0 bridgehead atoms. The van der Waals surface area contributed by atoms with Crippen molar-refractivity contribution < 1.29 is 13.6 Å². The first-order chi connectivity index (χ1) is 13.4. The second-order valence-corrected chi connectivity index (χ2v) is 7.27. The lowest BCUT2D eigenvalue weighted by Crippen LogP contribution is -2.48. The lowest BCUT2D eigenvalue weighted by molar-refractivity contribution is -0.182. The van der Waals surface area contributed by atoms with E-state index in [1.807, 2.05) is 23.0 Å². The lowest BCUT2D eigenvalue weighted by Gasteiger charge is -2.40. The van der Waals surface area contributed by atoms with Gasteiger partial charge in [0.1, 0.15) is 17.7 Å². The van der Waals surface area contributed by atoms with Crippen molar-refractivity contribution in [1.29, 1.82) is 5.26 Å². The summed E-state index contributed by atoms with van der Waals surface area (Å²) in [6.07, 6.45) is 0.697. The second kappa shape index (κ2) is 9.06. The van der Waals surface area contributed by atoms with Crippen LogP contribution in [-0.2, 0) is 11.4 Å². The molecule has 148 valence electrons. The molecule has 1 fully saturated rings. The van der Waals surface area contributed by atoms with Crippen LogP contribution in [0.1, 0.15) is 24.5 Å². The van der Waals surface area contributed by atoms with Crippen molar-refractivity contribution in [2.75, 3.05) is 24.6 Å². The molecule has 2 aromatic rings. The Balaban J connectivity index is 2.01. The van der Waals surface area contributed by atoms with Crippen LogP contribution in [0.25, 0.3) is 0 Å². The highest BCUT2D eigenvalue weighted by molar-refractivity contribution is 6.32. The van der Waals surface area contributed by atoms with E-state index in [0.29, 0.717) is 42.4 Å². The molecule has 0 amide bonds. The van der Waals surface area contributed by atoms with Gasteiger partial charge in [0.15, 0.2) is 0 Å². The first kappa shape index (κ1) is 20.8. The zero-order valence-electron chi connectivity index (χ0n) is 15.3. The lowest BCUT2D eigenvalue weighted by atomic mass is 10.1. The molecule has 1 heterocycles. The van der Waals surface area contributed by atoms with E-state index < -0.39 is 11.6 Å². The van der Waals surface area contributed by atoms with Crippen molar-refractivity contribution >= 4 is 28.9 Å². The van der Waals surface area contributed by atoms with Gasteiger partial charge in [0.05, 0.1) is 22.2 Å². The predicted octanol–water partition coefficient (Wildman–Crippen LogP) is 5.18. The first-order valence-electron chi connectivity index (χ1n) is 8.91. The summed E-state index contributed by atoms with van der Waals surface area (Å²) in [7, 11) is 0. The summed E-state index contributed by atoms with van der Waals surface area (Å²) >= 11 is 12.3. The number of likely N-dealkylation sites (N-methyl/N-ethyl adjacent to an activating group) is 1. The highest BCUT2D eigenvalue weighted by Crippen LogP contribution is 2.31. The topological polar surface area (TPSA) is 39.5 Å². The molecule has 3 rings (SSSR count). The van der Waals surface area contributed by atoms with E-state index in [1.165, 1.54) is 0 Å². The number of halogens is 4. The van der Waals surface area contributed by atoms with Crippen molar-refractivity contribution in [3.63, 3.8) is 0 Å². The number of benzene rings is 2. The number of anilines is 1. The number of hydrogen-bond donors (Lipinski definition) is 0. The van der Waals surface area contributed by atoms with Gasteiger partial charge in [-0.2, -0.15) is 10.3 Å². The molecule has 0 aromatic heterocycles. The quantitative estimate of drug-likeness (QED) is 0.618. The normalized spacial score (nSPS) is 17.4. The van der Waals surface area contributed by atoms with Crippen LogP contribution in [0.15, 0.2) is 30.3 Å². The Morgan fingerprint density at radius 2 is 2.00 bits per heavy atom. The fourth-order valence-electron chi connectivity index (χ4n) is 3.26. The zero-order chi connectivity index (χ0) is 20.3. The maximum absolute atomic E-state index is 14.4. The molecular weight excluding hydrogens is 407 g/mol. The minimum atomic E-state index is -0.668. The zero-order valence-corrected chi connectivity index (χ0v) is 16.8. The maximum Gasteiger partial charge on any atom is 0.142 e. The average molecular weight is 426 g/mol. The summed E-state index contributed by atoms with van der Waals surface area (Å²) in [6.45, 7) is 3.84. The molecule has 0 unspecified atom stereocenters. The predicted molar refractivity (Wildman–Crippen MR) is 105 cm³/mol. The Morgan fingerprint density at radius 1 is 1.25 bits per heavy atom. The molecule has 8 heteroatoms. The molecule has 1 atom stereocenters. The van der Waals surface area contributed by atoms with E-state index >= 15 is 0 Å². The fraction of sp³-hybridized carbons (Fsp3) is 0.350. The third-order valence-electron chi connectivity index (χ3n) is 4.80. The molecule has 28 heavy (non-hydrogen) atoms. The van der Waals surface area contributed by atoms with E-state index in [2.05, 4.69) is 0 Å². The second-order valence-electron chi connectivity index (χ2n) is 6.48. The molecular formula is C20H19Cl2F2N3O. The Hall–Kier alpha value is -1.91. The van der Waals surface area contributed by atoms with Gasteiger partial charge in [-0.1, -0.05) is 30.1 Å². The third kappa shape index (κ3) is 4.39. The van der Waals surface area contributed by atoms with Crippen LogP contribution in [0.3, 0.4) is 0 Å². The van der Waals surface area contributed by atoms with Crippen molar-refractivity contribution in [3.05, 3.63) is 63.1 Å². The van der Waals surface area contributed by atoms with Crippen LogP contribution in [-0.4, -0.2) is 30.8 Å². The van der Waals surface area contributed by atoms with E-state index in [9.17, 15) is 8.78 Å². The Labute approximate surface area is 172 Å². The van der Waals surface area contributed by atoms with Crippen molar-refractivity contribution in [2.45, 2.75) is 25.9 Å². The van der Waals surface area contributed by atoms with Crippen molar-refractivity contribution in [2.24, 2.45) is 0 Å². The van der Waals surface area contributed by atoms with E-state index in [4.69, 9.17) is 33.3 Å². The standard InChI is InChI=1S/C20H19Cl2F2N3O/c1-2-26-11-15(7-8-28-26)27(14-4-3-13(10-25)17(21)9-14)12-16-18(23)5-6-19(24)20(16)22/h3-6,9,15H,2,7-8,11-12H2,1H3/t15-/m0/s1. The highest BCUT2D eigenvalue weighted by Gasteiger charge is 2.28. The van der Waals surface area contributed by atoms with E-state index in [-0.39, 0.29) is 23.2 Å². The molecule has 2 aromatic carbocycles. The summed E-state index contributed by atoms with van der Waals surface area (Å²) in [5, 5.41) is 11.0. The van der Waals surface area contributed by atoms with Gasteiger partial charge >= 0.3 is 0 Å². The van der Waals surface area contributed by atoms with Crippen LogP contribution in [0.5, 0.6) is 0 Å². The van der Waals surface area contributed by atoms with Gasteiger partial charge in [-0.3, -0.25) is 4.84 Å². The molecule has 1 saturated heterocycles. The Kier molecular flexibility index (Phi) is 6.73. The van der Waals surface area contributed by atoms with Crippen LogP contribution in [0, 0.1) is 23.0 Å². The van der Waals surface area contributed by atoms with Crippen LogP contribution >= 0.6 is 23.2 Å². The van der Waals surface area contributed by atoms with Crippen molar-refractivity contribution in [1.82, 2.24) is 5.06 Å². The van der Waals surface area contributed by atoms with Gasteiger partial charge in [0, 0.05) is 36.9 Å². The summed E-state index contributed by atoms with van der Waals surface area (Å²) in [4.78, 5) is 7.53. The summed E-state index contributed by atoms with van der Waals surface area (Å²) in [5.41, 5.74) is 1.13. The Morgan fingerprint density at radius 3 is 2.68 bits per heavy atom. The summed E-state index contributed by atoms with van der Waals surface area (Å²) in [5.74, 6) is -1.24.